The third-order valence-electron chi connectivity index (χ3n) is 4.00. The Labute approximate surface area is 144 Å². The van der Waals surface area contributed by atoms with Crippen LogP contribution in [0, 0.1) is 0 Å². The largest absolute Gasteiger partial charge is 0.435 e. The minimum absolute atomic E-state index is 0.0770. The first-order chi connectivity index (χ1) is 12.0. The summed E-state index contributed by atoms with van der Waals surface area (Å²) in [7, 11) is 0. The molecule has 2 aromatic rings. The third kappa shape index (κ3) is 4.76. The summed E-state index contributed by atoms with van der Waals surface area (Å²) in [5, 5.41) is 7.24. The number of halogens is 2. The van der Waals surface area contributed by atoms with Gasteiger partial charge in [0, 0.05) is 26.6 Å². The Kier molecular flexibility index (Phi) is 5.28. The molecule has 8 heteroatoms. The van der Waals surface area contributed by atoms with Gasteiger partial charge in [-0.2, -0.15) is 13.9 Å². The molecule has 1 aromatic heterocycles. The van der Waals surface area contributed by atoms with Gasteiger partial charge < -0.3 is 10.1 Å². The van der Waals surface area contributed by atoms with Crippen LogP contribution < -0.4 is 10.1 Å². The molecule has 1 aliphatic rings. The fourth-order valence-corrected chi connectivity index (χ4v) is 2.85. The fourth-order valence-electron chi connectivity index (χ4n) is 2.85. The van der Waals surface area contributed by atoms with Gasteiger partial charge in [-0.05, 0) is 23.8 Å². The molecule has 0 saturated heterocycles. The molecule has 0 radical (unpaired) electrons. The predicted octanol–water partition coefficient (Wildman–Crippen LogP) is 2.14. The lowest BCUT2D eigenvalue weighted by Crippen LogP contribution is -2.33. The number of nitrogens with zero attached hydrogens (tertiary/aromatic N) is 3. The van der Waals surface area contributed by atoms with E-state index in [2.05, 4.69) is 20.1 Å². The van der Waals surface area contributed by atoms with Crippen LogP contribution in [0.25, 0.3) is 0 Å². The Bertz CT molecular complexity index is 731. The number of ether oxygens (including phenoxy) is 1. The highest BCUT2D eigenvalue weighted by Crippen LogP contribution is 2.19. The number of nitrogens with one attached hydrogen (secondary N) is 1. The van der Waals surface area contributed by atoms with Gasteiger partial charge in [-0.1, -0.05) is 12.1 Å². The molecule has 2 heterocycles. The molecule has 0 fully saturated rings. The van der Waals surface area contributed by atoms with Crippen LogP contribution in [0.2, 0.25) is 0 Å². The monoisotopic (exact) mass is 350 g/mol. The zero-order valence-electron chi connectivity index (χ0n) is 13.9. The number of amides is 1. The van der Waals surface area contributed by atoms with E-state index in [1.54, 1.807) is 24.3 Å². The second-order valence-electron chi connectivity index (χ2n) is 5.99. The molecular weight excluding hydrogens is 330 g/mol. The van der Waals surface area contributed by atoms with Crippen molar-refractivity contribution in [3.63, 3.8) is 0 Å². The number of carbonyl (C=O) groups is 1. The number of fused-ring (bicyclic) bond motifs is 1. The maximum Gasteiger partial charge on any atom is 0.387 e. The van der Waals surface area contributed by atoms with Gasteiger partial charge in [0.1, 0.15) is 5.75 Å². The highest BCUT2D eigenvalue weighted by atomic mass is 19.3. The molecule has 0 saturated carbocycles. The van der Waals surface area contributed by atoms with Crippen molar-refractivity contribution in [3.8, 4) is 5.75 Å². The normalized spacial score (nSPS) is 14.4. The van der Waals surface area contributed by atoms with Gasteiger partial charge in [-0.25, -0.2) is 0 Å². The zero-order chi connectivity index (χ0) is 17.8. The van der Waals surface area contributed by atoms with Crippen LogP contribution in [0.15, 0.2) is 30.3 Å². The van der Waals surface area contributed by atoms with E-state index in [0.717, 1.165) is 43.1 Å². The smallest absolute Gasteiger partial charge is 0.387 e. The zero-order valence-corrected chi connectivity index (χ0v) is 13.9. The molecule has 0 unspecified atom stereocenters. The van der Waals surface area contributed by atoms with E-state index in [1.165, 1.54) is 6.92 Å². The average Bonchev–Trinajstić information content (AvgIpc) is 2.96. The van der Waals surface area contributed by atoms with Crippen molar-refractivity contribution in [2.24, 2.45) is 0 Å². The van der Waals surface area contributed by atoms with E-state index in [4.69, 9.17) is 0 Å². The van der Waals surface area contributed by atoms with E-state index in [-0.39, 0.29) is 11.7 Å². The quantitative estimate of drug-likeness (QED) is 0.867. The lowest BCUT2D eigenvalue weighted by molar-refractivity contribution is -0.119. The molecule has 25 heavy (non-hydrogen) atoms. The summed E-state index contributed by atoms with van der Waals surface area (Å²) in [5.74, 6) is 0.0879. The van der Waals surface area contributed by atoms with Crippen molar-refractivity contribution in [1.29, 1.82) is 0 Å². The molecule has 134 valence electrons. The van der Waals surface area contributed by atoms with E-state index in [9.17, 15) is 13.6 Å². The number of benzene rings is 1. The van der Waals surface area contributed by atoms with Crippen molar-refractivity contribution in [3.05, 3.63) is 47.3 Å². The first-order valence-electron chi connectivity index (χ1n) is 8.06. The summed E-state index contributed by atoms with van der Waals surface area (Å²) >= 11 is 0. The van der Waals surface area contributed by atoms with Gasteiger partial charge >= 0.3 is 6.61 Å². The van der Waals surface area contributed by atoms with Crippen molar-refractivity contribution >= 4 is 5.91 Å². The number of hydrogen-bond acceptors (Lipinski definition) is 4. The molecule has 1 amide bonds. The lowest BCUT2D eigenvalue weighted by Gasteiger charge is -2.27. The van der Waals surface area contributed by atoms with Crippen LogP contribution in [0.4, 0.5) is 8.78 Å². The van der Waals surface area contributed by atoms with Gasteiger partial charge in [0.2, 0.25) is 5.91 Å². The summed E-state index contributed by atoms with van der Waals surface area (Å²) in [6.45, 7) is 2.21. The van der Waals surface area contributed by atoms with Crippen LogP contribution in [-0.4, -0.2) is 33.7 Å². The molecule has 1 N–H and O–H groups in total. The van der Waals surface area contributed by atoms with E-state index < -0.39 is 6.61 Å². The van der Waals surface area contributed by atoms with Gasteiger partial charge in [-0.3, -0.25) is 14.4 Å². The Balaban J connectivity index is 1.58. The van der Waals surface area contributed by atoms with E-state index in [0.29, 0.717) is 6.54 Å². The van der Waals surface area contributed by atoms with Crippen LogP contribution >= 0.6 is 0 Å². The Morgan fingerprint density at radius 3 is 2.76 bits per heavy atom. The van der Waals surface area contributed by atoms with Crippen molar-refractivity contribution < 1.29 is 18.3 Å². The summed E-state index contributed by atoms with van der Waals surface area (Å²) in [5.41, 5.74) is 2.98. The summed E-state index contributed by atoms with van der Waals surface area (Å²) in [6.07, 6.45) is 0. The molecule has 0 aliphatic carbocycles. The molecule has 0 spiro atoms. The minimum Gasteiger partial charge on any atom is -0.435 e. The second-order valence-corrected chi connectivity index (χ2v) is 5.99. The number of carbonyl (C=O) groups excluding carboxylic acids is 1. The highest BCUT2D eigenvalue weighted by molar-refractivity contribution is 5.72. The Morgan fingerprint density at radius 2 is 2.08 bits per heavy atom. The maximum atomic E-state index is 12.2. The van der Waals surface area contributed by atoms with Gasteiger partial charge in [0.05, 0.1) is 24.5 Å². The van der Waals surface area contributed by atoms with Crippen LogP contribution in [0.3, 0.4) is 0 Å². The summed E-state index contributed by atoms with van der Waals surface area (Å²) in [6, 6.07) is 8.71. The molecular formula is C17H20F2N4O2. The number of rotatable bonds is 6. The fraction of sp³-hybridized carbons (Fsp3) is 0.412. The number of alkyl halides is 2. The van der Waals surface area contributed by atoms with Crippen molar-refractivity contribution in [2.45, 2.75) is 39.7 Å². The Hall–Kier alpha value is -2.48. The van der Waals surface area contributed by atoms with Gasteiger partial charge in [-0.15, -0.1) is 0 Å². The van der Waals surface area contributed by atoms with E-state index >= 15 is 0 Å². The third-order valence-corrected chi connectivity index (χ3v) is 4.00. The minimum atomic E-state index is -2.81. The molecule has 1 aliphatic heterocycles. The number of aromatic nitrogens is 2. The van der Waals surface area contributed by atoms with Crippen LogP contribution in [0.1, 0.15) is 23.9 Å². The second kappa shape index (κ2) is 7.60. The summed E-state index contributed by atoms with van der Waals surface area (Å²) in [4.78, 5) is 13.3. The maximum absolute atomic E-state index is 12.2. The topological polar surface area (TPSA) is 59.4 Å². The SMILES string of the molecule is CC(=O)NCc1cc2n(n1)CCN(Cc1ccc(OC(F)F)cc1)C2. The van der Waals surface area contributed by atoms with Crippen LogP contribution in [0.5, 0.6) is 5.75 Å². The van der Waals surface area contributed by atoms with Gasteiger partial charge in [0.25, 0.3) is 0 Å². The molecule has 1 aromatic carbocycles. The molecule has 6 nitrogen and oxygen atoms in total. The summed E-state index contributed by atoms with van der Waals surface area (Å²) < 4.78 is 30.7. The van der Waals surface area contributed by atoms with Crippen molar-refractivity contribution in [1.82, 2.24) is 20.0 Å². The predicted molar refractivity (Wildman–Crippen MR) is 86.9 cm³/mol. The Morgan fingerprint density at radius 1 is 1.32 bits per heavy atom. The van der Waals surface area contributed by atoms with E-state index in [1.807, 2.05) is 10.7 Å². The van der Waals surface area contributed by atoms with Crippen LogP contribution in [-0.2, 0) is 31.0 Å². The molecule has 3 rings (SSSR count). The number of hydrogen-bond donors (Lipinski definition) is 1. The standard InChI is InChI=1S/C17H20F2N4O2/c1-12(24)20-9-14-8-15-11-22(6-7-23(15)21-14)10-13-2-4-16(5-3-13)25-17(18)19/h2-5,8,17H,6-7,9-11H2,1H3,(H,20,24). The first-order valence-corrected chi connectivity index (χ1v) is 8.06. The average molecular weight is 350 g/mol. The molecule has 0 atom stereocenters. The van der Waals surface area contributed by atoms with Crippen molar-refractivity contribution in [2.75, 3.05) is 6.54 Å². The first kappa shape index (κ1) is 17.3. The van der Waals surface area contributed by atoms with Gasteiger partial charge in [0.15, 0.2) is 0 Å². The highest BCUT2D eigenvalue weighted by Gasteiger charge is 2.18. The lowest BCUT2D eigenvalue weighted by atomic mass is 10.2. The molecule has 0 bridgehead atoms.